The summed E-state index contributed by atoms with van der Waals surface area (Å²) >= 11 is 0. The molecule has 2 aliphatic heterocycles. The normalized spacial score (nSPS) is 24.3. The van der Waals surface area contributed by atoms with Crippen LogP contribution in [0.5, 0.6) is 5.75 Å². The fourth-order valence-corrected chi connectivity index (χ4v) is 10.00. The van der Waals surface area contributed by atoms with Gasteiger partial charge in [0.2, 0.25) is 11.7 Å². The fraction of sp³-hybridized carbons (Fsp3) is 0.417. The van der Waals surface area contributed by atoms with Gasteiger partial charge in [-0.3, -0.25) is 24.4 Å². The van der Waals surface area contributed by atoms with Gasteiger partial charge in [-0.05, 0) is 73.4 Å². The minimum Gasteiger partial charge on any atom is -0.496 e. The zero-order valence-electron chi connectivity index (χ0n) is 31.2. The van der Waals surface area contributed by atoms with Crippen LogP contribution in [0, 0.1) is 20.2 Å². The average molecular weight is 816 g/mol. The van der Waals surface area contributed by atoms with Crippen molar-refractivity contribution in [3.63, 3.8) is 0 Å². The molecule has 0 radical (unpaired) electrons. The molecule has 0 amide bonds. The van der Waals surface area contributed by atoms with E-state index in [0.717, 1.165) is 59.7 Å². The summed E-state index contributed by atoms with van der Waals surface area (Å²) in [4.78, 5) is 20.3. The first-order valence-electron chi connectivity index (χ1n) is 17.2. The number of methoxy groups -OCH3 is 1. The summed E-state index contributed by atoms with van der Waals surface area (Å²) in [5.74, 6) is -2.07. The fourth-order valence-electron chi connectivity index (χ4n) is 6.81. The van der Waals surface area contributed by atoms with Crippen molar-refractivity contribution in [3.05, 3.63) is 110 Å². The number of nitro benzene ring substituents is 2. The number of sulfonamides is 1. The summed E-state index contributed by atoms with van der Waals surface area (Å²) in [6.45, 7) is 12.1. The van der Waals surface area contributed by atoms with E-state index >= 15 is 0 Å². The smallest absolute Gasteiger partial charge is 0.296 e. The van der Waals surface area contributed by atoms with Crippen molar-refractivity contribution in [3.8, 4) is 5.75 Å². The van der Waals surface area contributed by atoms with Crippen LogP contribution in [-0.2, 0) is 38.2 Å². The van der Waals surface area contributed by atoms with Gasteiger partial charge in [-0.1, -0.05) is 32.9 Å². The third-order valence-corrected chi connectivity index (χ3v) is 17.7. The largest absolute Gasteiger partial charge is 0.496 e. The summed E-state index contributed by atoms with van der Waals surface area (Å²) in [5.41, 5.74) is 0.105. The highest BCUT2D eigenvalue weighted by Crippen LogP contribution is 2.64. The highest BCUT2D eigenvalue weighted by atomic mass is 32.2. The van der Waals surface area contributed by atoms with Crippen molar-refractivity contribution >= 4 is 45.7 Å². The van der Waals surface area contributed by atoms with Crippen LogP contribution >= 0.6 is 0 Å². The predicted molar refractivity (Wildman–Crippen MR) is 201 cm³/mol. The van der Waals surface area contributed by atoms with Gasteiger partial charge in [0.25, 0.3) is 31.5 Å². The molecule has 1 fully saturated rings. The van der Waals surface area contributed by atoms with Gasteiger partial charge in [0, 0.05) is 41.8 Å². The van der Waals surface area contributed by atoms with Crippen molar-refractivity contribution in [1.29, 1.82) is 0 Å². The highest BCUT2D eigenvalue weighted by Gasteiger charge is 2.66. The lowest BCUT2D eigenvalue weighted by atomic mass is 9.73. The molecular formula is C36H41N3O13S2Si. The summed E-state index contributed by atoms with van der Waals surface area (Å²) < 4.78 is 89.2. The summed E-state index contributed by atoms with van der Waals surface area (Å²) in [7, 11) is -9.85. The topological polar surface area (TPSA) is 213 Å². The number of hydrogen-bond acceptors (Lipinski definition) is 13. The zero-order chi connectivity index (χ0) is 40.4. The lowest BCUT2D eigenvalue weighted by molar-refractivity contribution is -0.385. The number of fused-ring (bicyclic) bond motifs is 5. The molecule has 0 N–H and O–H groups in total. The van der Waals surface area contributed by atoms with Crippen LogP contribution in [0.3, 0.4) is 0 Å². The molecule has 16 nitrogen and oxygen atoms in total. The third-order valence-electron chi connectivity index (χ3n) is 10.6. The zero-order valence-corrected chi connectivity index (χ0v) is 33.8. The molecule has 0 unspecified atom stereocenters. The number of non-ortho nitro benzene ring substituents is 2. The Morgan fingerprint density at radius 2 is 1.51 bits per heavy atom. The Bertz CT molecular complexity index is 2320. The maximum atomic E-state index is 13.7. The predicted octanol–water partition coefficient (Wildman–Crippen LogP) is 7.09. The Morgan fingerprint density at radius 1 is 0.927 bits per heavy atom. The standard InChI is InChI=1S/C36H41N3O13S2Si/c1-34(2,3)55(6,7)51-32-28-9-8-10-30(48-5)31(28)29-22-35(32,4)52-36(29)21-23(19-20-49-54(46,47)27-17-13-25(14-18-27)39(42)43)33(50-36)37-53(44,45)26-15-11-24(12-16-26)38(40)41/h8-18,21,29,32H,19-20,22H2,1-7H3/b37-33+/t29-,32+,35+,36+/m0/s1. The van der Waals surface area contributed by atoms with Crippen LogP contribution in [0.15, 0.2) is 92.6 Å². The number of benzene rings is 3. The lowest BCUT2D eigenvalue weighted by Crippen LogP contribution is -2.48. The molecule has 3 aromatic carbocycles. The minimum atomic E-state index is -4.55. The molecule has 2 bridgehead atoms. The molecule has 1 saturated heterocycles. The lowest BCUT2D eigenvalue weighted by Gasteiger charge is -2.45. The third kappa shape index (κ3) is 7.43. The van der Waals surface area contributed by atoms with Gasteiger partial charge in [-0.2, -0.15) is 16.8 Å². The van der Waals surface area contributed by atoms with Crippen LogP contribution in [0.4, 0.5) is 11.4 Å². The maximum absolute atomic E-state index is 13.7. The van der Waals surface area contributed by atoms with Crippen molar-refractivity contribution in [2.45, 2.75) is 91.9 Å². The van der Waals surface area contributed by atoms with E-state index in [9.17, 15) is 37.1 Å². The second-order valence-corrected chi connectivity index (χ2v) is 23.3. The summed E-state index contributed by atoms with van der Waals surface area (Å²) in [6, 6.07) is 14.0. The molecule has 0 aromatic heterocycles. The van der Waals surface area contributed by atoms with Crippen LogP contribution in [0.1, 0.15) is 63.7 Å². The number of ether oxygens (including phenoxy) is 3. The number of rotatable bonds is 12. The average Bonchev–Trinajstić information content (AvgIpc) is 3.57. The molecule has 6 rings (SSSR count). The van der Waals surface area contributed by atoms with Gasteiger partial charge in [0.15, 0.2) is 8.32 Å². The van der Waals surface area contributed by atoms with E-state index in [1.54, 1.807) is 19.3 Å². The molecule has 294 valence electrons. The Balaban J connectivity index is 1.41. The monoisotopic (exact) mass is 815 g/mol. The first-order valence-corrected chi connectivity index (χ1v) is 23.0. The van der Waals surface area contributed by atoms with E-state index in [1.807, 2.05) is 19.1 Å². The molecule has 0 saturated carbocycles. The molecule has 3 aromatic rings. The maximum Gasteiger partial charge on any atom is 0.296 e. The Kier molecular flexibility index (Phi) is 10.1. The van der Waals surface area contributed by atoms with Crippen molar-refractivity contribution in [1.82, 2.24) is 0 Å². The second-order valence-electron chi connectivity index (χ2n) is 15.3. The van der Waals surface area contributed by atoms with Crippen LogP contribution in [0.25, 0.3) is 0 Å². The molecule has 55 heavy (non-hydrogen) atoms. The number of hydrogen-bond donors (Lipinski definition) is 0. The summed E-state index contributed by atoms with van der Waals surface area (Å²) in [5, 5.41) is 22.1. The van der Waals surface area contributed by atoms with Crippen molar-refractivity contribution < 1.29 is 49.5 Å². The summed E-state index contributed by atoms with van der Waals surface area (Å²) in [6.07, 6.45) is 1.16. The van der Waals surface area contributed by atoms with Gasteiger partial charge in [-0.25, -0.2) is 0 Å². The van der Waals surface area contributed by atoms with E-state index in [-0.39, 0.29) is 44.1 Å². The van der Waals surface area contributed by atoms with E-state index in [4.69, 9.17) is 22.8 Å². The second kappa shape index (κ2) is 13.9. The van der Waals surface area contributed by atoms with Gasteiger partial charge in [-0.15, -0.1) is 4.40 Å². The molecule has 2 heterocycles. The van der Waals surface area contributed by atoms with E-state index < -0.39 is 68.3 Å². The van der Waals surface area contributed by atoms with Crippen LogP contribution in [0.2, 0.25) is 18.1 Å². The number of nitrogens with zero attached hydrogens (tertiary/aromatic N) is 3. The van der Waals surface area contributed by atoms with Crippen molar-refractivity contribution in [2.24, 2.45) is 4.40 Å². The quantitative estimate of drug-likeness (QED) is 0.0774. The minimum absolute atomic E-state index is 0.152. The van der Waals surface area contributed by atoms with Crippen molar-refractivity contribution in [2.75, 3.05) is 13.7 Å². The molecule has 3 aliphatic rings. The molecule has 1 aliphatic carbocycles. The molecule has 19 heteroatoms. The van der Waals surface area contributed by atoms with Gasteiger partial charge >= 0.3 is 0 Å². The first-order chi connectivity index (χ1) is 25.5. The Labute approximate surface area is 319 Å². The molecular weight excluding hydrogens is 775 g/mol. The van der Waals surface area contributed by atoms with Gasteiger partial charge in [0.1, 0.15) is 11.4 Å². The Morgan fingerprint density at radius 3 is 2.05 bits per heavy atom. The van der Waals surface area contributed by atoms with E-state index in [0.29, 0.717) is 12.2 Å². The van der Waals surface area contributed by atoms with Gasteiger partial charge in [0.05, 0.1) is 45.4 Å². The highest BCUT2D eigenvalue weighted by molar-refractivity contribution is 7.90. The van der Waals surface area contributed by atoms with E-state index in [2.05, 4.69) is 38.3 Å². The van der Waals surface area contributed by atoms with Crippen LogP contribution in [-0.4, -0.2) is 66.0 Å². The Hall–Kier alpha value is -4.53. The van der Waals surface area contributed by atoms with Crippen LogP contribution < -0.4 is 4.74 Å². The van der Waals surface area contributed by atoms with Gasteiger partial charge < -0.3 is 18.6 Å². The first kappa shape index (κ1) is 40.1. The number of nitro groups is 2. The van der Waals surface area contributed by atoms with E-state index in [1.165, 1.54) is 0 Å². The molecule has 4 atom stereocenters. The molecule has 1 spiro atoms. The SMILES string of the molecule is COc1cccc2c1[C@@H]1C[C@@](C)(O[C@]13C=C(CCOS(=O)(=O)c1ccc([N+](=O)[O-])cc1)/C(=N\S(=O)(=O)c1ccc([N+](=O)[O-])cc1)O3)[C@@H]2O[Si](C)(C)C(C)(C)C.